The maximum absolute atomic E-state index is 5.93. The number of hydrogen-bond acceptors (Lipinski definition) is 3. The molecule has 0 aromatic heterocycles. The zero-order chi connectivity index (χ0) is 14.0. The van der Waals surface area contributed by atoms with Gasteiger partial charge in [-0.05, 0) is 31.4 Å². The molecule has 2 heterocycles. The van der Waals surface area contributed by atoms with Gasteiger partial charge in [-0.25, -0.2) is 0 Å². The Hall–Kier alpha value is -1.16. The van der Waals surface area contributed by atoms with Crippen LogP contribution in [0.25, 0.3) is 0 Å². The number of benzene rings is 1. The fourth-order valence-electron chi connectivity index (χ4n) is 2.62. The van der Waals surface area contributed by atoms with E-state index in [2.05, 4.69) is 31.3 Å². The van der Waals surface area contributed by atoms with E-state index in [0.29, 0.717) is 0 Å². The van der Waals surface area contributed by atoms with Crippen molar-refractivity contribution in [2.75, 3.05) is 12.3 Å². The van der Waals surface area contributed by atoms with Crippen LogP contribution in [0.5, 0.6) is 5.75 Å². The standard InChI is InChI=1S/C16H22N2OS/c1-3-16(2)8-9-20-15(18-16)17-11-13-10-12-6-4-5-7-14(12)19-13/h4-7,13H,3,8-11H2,1-2H3,(H,17,18). The van der Waals surface area contributed by atoms with Crippen molar-refractivity contribution >= 4 is 16.9 Å². The fourth-order valence-corrected chi connectivity index (χ4v) is 3.85. The molecule has 108 valence electrons. The number of para-hydroxylation sites is 1. The second kappa shape index (κ2) is 5.68. The molecule has 1 N–H and O–H groups in total. The maximum atomic E-state index is 5.93. The lowest BCUT2D eigenvalue weighted by molar-refractivity contribution is 0.241. The summed E-state index contributed by atoms with van der Waals surface area (Å²) in [5, 5.41) is 4.67. The topological polar surface area (TPSA) is 33.6 Å². The van der Waals surface area contributed by atoms with Crippen LogP contribution in [0, 0.1) is 0 Å². The van der Waals surface area contributed by atoms with E-state index < -0.39 is 0 Å². The highest BCUT2D eigenvalue weighted by atomic mass is 32.2. The van der Waals surface area contributed by atoms with Gasteiger partial charge in [-0.3, -0.25) is 4.99 Å². The smallest absolute Gasteiger partial charge is 0.157 e. The molecule has 1 aromatic rings. The number of ether oxygens (including phenoxy) is 1. The Bertz CT molecular complexity index is 492. The van der Waals surface area contributed by atoms with Gasteiger partial charge in [0.15, 0.2) is 5.17 Å². The van der Waals surface area contributed by atoms with Crippen LogP contribution in [0.4, 0.5) is 0 Å². The van der Waals surface area contributed by atoms with Crippen LogP contribution in [0.2, 0.25) is 0 Å². The lowest BCUT2D eigenvalue weighted by Crippen LogP contribution is -2.48. The largest absolute Gasteiger partial charge is 0.488 e. The third-order valence-corrected chi connectivity index (χ3v) is 5.15. The van der Waals surface area contributed by atoms with Crippen LogP contribution in [-0.2, 0) is 6.42 Å². The van der Waals surface area contributed by atoms with Crippen molar-refractivity contribution in [2.24, 2.45) is 4.99 Å². The highest BCUT2D eigenvalue weighted by Crippen LogP contribution is 2.29. The second-order valence-corrected chi connectivity index (χ2v) is 6.92. The summed E-state index contributed by atoms with van der Waals surface area (Å²) in [5.74, 6) is 2.18. The molecular weight excluding hydrogens is 268 g/mol. The first kappa shape index (κ1) is 13.8. The molecule has 1 fully saturated rings. The third-order valence-electron chi connectivity index (χ3n) is 4.23. The summed E-state index contributed by atoms with van der Waals surface area (Å²) in [5.41, 5.74) is 1.52. The van der Waals surface area contributed by atoms with Gasteiger partial charge in [0.1, 0.15) is 11.9 Å². The summed E-state index contributed by atoms with van der Waals surface area (Å²) in [6.45, 7) is 5.26. The summed E-state index contributed by atoms with van der Waals surface area (Å²) >= 11 is 1.83. The number of thioether (sulfide) groups is 1. The van der Waals surface area contributed by atoms with Crippen molar-refractivity contribution in [3.63, 3.8) is 0 Å². The first-order chi connectivity index (χ1) is 9.68. The second-order valence-electron chi connectivity index (χ2n) is 5.84. The van der Waals surface area contributed by atoms with E-state index in [9.17, 15) is 0 Å². The van der Waals surface area contributed by atoms with Gasteiger partial charge >= 0.3 is 0 Å². The van der Waals surface area contributed by atoms with Crippen molar-refractivity contribution in [2.45, 2.75) is 44.8 Å². The zero-order valence-corrected chi connectivity index (χ0v) is 13.0. The molecule has 0 spiro atoms. The minimum Gasteiger partial charge on any atom is -0.488 e. The summed E-state index contributed by atoms with van der Waals surface area (Å²) in [7, 11) is 0. The van der Waals surface area contributed by atoms with Gasteiger partial charge in [-0.2, -0.15) is 0 Å². The van der Waals surface area contributed by atoms with Gasteiger partial charge in [0.2, 0.25) is 0 Å². The van der Waals surface area contributed by atoms with Crippen LogP contribution in [0.1, 0.15) is 32.3 Å². The van der Waals surface area contributed by atoms with Gasteiger partial charge in [0, 0.05) is 17.7 Å². The molecule has 1 aromatic carbocycles. The quantitative estimate of drug-likeness (QED) is 0.928. The molecule has 2 atom stereocenters. The molecule has 4 heteroatoms. The van der Waals surface area contributed by atoms with Gasteiger partial charge in [0.25, 0.3) is 0 Å². The fraction of sp³-hybridized carbons (Fsp3) is 0.562. The van der Waals surface area contributed by atoms with Crippen LogP contribution in [0.3, 0.4) is 0 Å². The number of fused-ring (bicyclic) bond motifs is 1. The Morgan fingerprint density at radius 3 is 3.10 bits per heavy atom. The maximum Gasteiger partial charge on any atom is 0.157 e. The minimum atomic E-state index is 0.192. The Kier molecular flexibility index (Phi) is 3.92. The highest BCUT2D eigenvalue weighted by Gasteiger charge is 2.28. The Balaban J connectivity index is 1.59. The SMILES string of the molecule is CCC1(C)CCSC(=NCC2Cc3ccccc3O2)N1. The van der Waals surface area contributed by atoms with E-state index in [1.807, 2.05) is 23.9 Å². The summed E-state index contributed by atoms with van der Waals surface area (Å²) in [6.07, 6.45) is 3.51. The number of nitrogens with one attached hydrogen (secondary N) is 1. The Labute approximate surface area is 125 Å². The van der Waals surface area contributed by atoms with Crippen LogP contribution < -0.4 is 10.1 Å². The monoisotopic (exact) mass is 290 g/mol. The first-order valence-corrected chi connectivity index (χ1v) is 8.37. The van der Waals surface area contributed by atoms with E-state index in [-0.39, 0.29) is 11.6 Å². The van der Waals surface area contributed by atoms with Crippen molar-refractivity contribution in [1.29, 1.82) is 0 Å². The number of aliphatic imine (C=N–C) groups is 1. The van der Waals surface area contributed by atoms with E-state index in [0.717, 1.165) is 36.1 Å². The lowest BCUT2D eigenvalue weighted by Gasteiger charge is -2.35. The summed E-state index contributed by atoms with van der Waals surface area (Å²) < 4.78 is 5.93. The van der Waals surface area contributed by atoms with Crippen LogP contribution in [0.15, 0.2) is 29.3 Å². The molecule has 0 saturated carbocycles. The zero-order valence-electron chi connectivity index (χ0n) is 12.2. The molecule has 2 aliphatic heterocycles. The number of hydrogen-bond donors (Lipinski definition) is 1. The average molecular weight is 290 g/mol. The van der Waals surface area contributed by atoms with Gasteiger partial charge in [-0.15, -0.1) is 0 Å². The Morgan fingerprint density at radius 2 is 2.30 bits per heavy atom. The number of amidine groups is 1. The van der Waals surface area contributed by atoms with Crippen molar-refractivity contribution in [1.82, 2.24) is 5.32 Å². The molecule has 3 nitrogen and oxygen atoms in total. The highest BCUT2D eigenvalue weighted by molar-refractivity contribution is 8.13. The predicted octanol–water partition coefficient (Wildman–Crippen LogP) is 3.24. The molecule has 2 aliphatic rings. The number of rotatable bonds is 3. The molecular formula is C16H22N2OS. The van der Waals surface area contributed by atoms with E-state index >= 15 is 0 Å². The summed E-state index contributed by atoms with van der Waals surface area (Å²) in [4.78, 5) is 4.74. The van der Waals surface area contributed by atoms with Crippen molar-refractivity contribution in [3.8, 4) is 5.75 Å². The average Bonchev–Trinajstić information content (AvgIpc) is 2.88. The first-order valence-electron chi connectivity index (χ1n) is 7.38. The molecule has 0 radical (unpaired) electrons. The van der Waals surface area contributed by atoms with Crippen LogP contribution in [-0.4, -0.2) is 29.1 Å². The van der Waals surface area contributed by atoms with E-state index in [1.54, 1.807) is 0 Å². The van der Waals surface area contributed by atoms with E-state index in [1.165, 1.54) is 12.0 Å². The molecule has 0 bridgehead atoms. The van der Waals surface area contributed by atoms with Gasteiger partial charge in [-0.1, -0.05) is 36.9 Å². The third kappa shape index (κ3) is 2.95. The normalized spacial score (nSPS) is 30.7. The van der Waals surface area contributed by atoms with E-state index in [4.69, 9.17) is 9.73 Å². The molecule has 2 unspecified atom stereocenters. The van der Waals surface area contributed by atoms with Crippen molar-refractivity contribution < 1.29 is 4.74 Å². The summed E-state index contributed by atoms with van der Waals surface area (Å²) in [6, 6.07) is 8.29. The molecule has 0 aliphatic carbocycles. The molecule has 20 heavy (non-hydrogen) atoms. The lowest BCUT2D eigenvalue weighted by atomic mass is 9.96. The molecule has 3 rings (SSSR count). The van der Waals surface area contributed by atoms with Crippen molar-refractivity contribution in [3.05, 3.63) is 29.8 Å². The predicted molar refractivity (Wildman–Crippen MR) is 85.8 cm³/mol. The van der Waals surface area contributed by atoms with Gasteiger partial charge < -0.3 is 10.1 Å². The minimum absolute atomic E-state index is 0.192. The van der Waals surface area contributed by atoms with Crippen LogP contribution >= 0.6 is 11.8 Å². The molecule has 1 saturated heterocycles. The van der Waals surface area contributed by atoms with Gasteiger partial charge in [0.05, 0.1) is 6.54 Å². The molecule has 0 amide bonds. The number of nitrogens with zero attached hydrogens (tertiary/aromatic N) is 1. The Morgan fingerprint density at radius 1 is 1.45 bits per heavy atom.